The molecule has 0 bridgehead atoms. The highest BCUT2D eigenvalue weighted by Crippen LogP contribution is 2.33. The van der Waals surface area contributed by atoms with E-state index in [2.05, 4.69) is 5.10 Å². The fourth-order valence-corrected chi connectivity index (χ4v) is 4.24. The maximum atomic E-state index is 13.4. The number of Topliss-reactive ketones (excluding diaryl/α,β-unsaturated/α-hetero) is 1. The van der Waals surface area contributed by atoms with Gasteiger partial charge in [-0.25, -0.2) is 13.1 Å². The third-order valence-corrected chi connectivity index (χ3v) is 5.76. The number of rotatable bonds is 8. The lowest BCUT2D eigenvalue weighted by atomic mass is 9.97. The summed E-state index contributed by atoms with van der Waals surface area (Å²) < 4.78 is 70.2. The SMILES string of the molecule is Cc1nn(C)c(OCC(=O)c2ccccc2)c1C(=O)c1ccc(C(F)(F)F)cc1CS(C)(=O)=O. The van der Waals surface area contributed by atoms with E-state index in [1.165, 1.54) is 18.7 Å². The van der Waals surface area contributed by atoms with Crippen molar-refractivity contribution in [3.63, 3.8) is 0 Å². The number of halogens is 3. The first-order valence-corrected chi connectivity index (χ1v) is 12.0. The summed E-state index contributed by atoms with van der Waals surface area (Å²) in [7, 11) is -2.28. The van der Waals surface area contributed by atoms with E-state index in [9.17, 15) is 31.2 Å². The van der Waals surface area contributed by atoms with Gasteiger partial charge < -0.3 is 4.74 Å². The van der Waals surface area contributed by atoms with Crippen LogP contribution in [-0.4, -0.2) is 42.6 Å². The normalized spacial score (nSPS) is 11.9. The second-order valence-electron chi connectivity index (χ2n) is 7.74. The Hall–Kier alpha value is -3.47. The monoisotopic (exact) mass is 494 g/mol. The van der Waals surface area contributed by atoms with Gasteiger partial charge in [-0.2, -0.15) is 18.3 Å². The summed E-state index contributed by atoms with van der Waals surface area (Å²) in [6, 6.07) is 10.6. The summed E-state index contributed by atoms with van der Waals surface area (Å²) in [5.74, 6) is -1.94. The molecule has 7 nitrogen and oxygen atoms in total. The summed E-state index contributed by atoms with van der Waals surface area (Å²) in [4.78, 5) is 25.8. The van der Waals surface area contributed by atoms with Crippen molar-refractivity contribution in [2.45, 2.75) is 18.9 Å². The van der Waals surface area contributed by atoms with Crippen LogP contribution in [0.1, 0.15) is 43.1 Å². The van der Waals surface area contributed by atoms with Crippen LogP contribution in [0.25, 0.3) is 0 Å². The number of hydrogen-bond acceptors (Lipinski definition) is 6. The molecule has 2 aromatic carbocycles. The van der Waals surface area contributed by atoms with Crippen molar-refractivity contribution in [3.8, 4) is 5.88 Å². The molecule has 34 heavy (non-hydrogen) atoms. The fourth-order valence-electron chi connectivity index (χ4n) is 3.43. The Labute approximate surface area is 194 Å². The molecule has 0 aliphatic carbocycles. The first-order chi connectivity index (χ1) is 15.8. The van der Waals surface area contributed by atoms with E-state index in [-0.39, 0.29) is 34.0 Å². The molecule has 0 saturated heterocycles. The smallest absolute Gasteiger partial charge is 0.416 e. The summed E-state index contributed by atoms with van der Waals surface area (Å²) in [5, 5.41) is 4.13. The molecule has 0 N–H and O–H groups in total. The molecule has 0 saturated carbocycles. The van der Waals surface area contributed by atoms with Gasteiger partial charge in [0.2, 0.25) is 11.7 Å². The Morgan fingerprint density at radius 2 is 1.74 bits per heavy atom. The van der Waals surface area contributed by atoms with Crippen molar-refractivity contribution >= 4 is 21.4 Å². The van der Waals surface area contributed by atoms with E-state index >= 15 is 0 Å². The molecule has 0 unspecified atom stereocenters. The number of sulfone groups is 1. The largest absolute Gasteiger partial charge is 0.469 e. The minimum Gasteiger partial charge on any atom is -0.469 e. The van der Waals surface area contributed by atoms with Gasteiger partial charge in [-0.15, -0.1) is 0 Å². The van der Waals surface area contributed by atoms with Crippen LogP contribution in [-0.2, 0) is 28.8 Å². The maximum absolute atomic E-state index is 13.4. The van der Waals surface area contributed by atoms with Gasteiger partial charge in [-0.05, 0) is 24.6 Å². The Kier molecular flexibility index (Phi) is 6.97. The number of ketones is 2. The van der Waals surface area contributed by atoms with Gasteiger partial charge in [0.15, 0.2) is 22.2 Å². The first kappa shape index (κ1) is 25.2. The molecule has 11 heteroatoms. The number of aryl methyl sites for hydroxylation is 2. The van der Waals surface area contributed by atoms with Crippen molar-refractivity contribution in [3.05, 3.63) is 82.0 Å². The molecule has 1 heterocycles. The van der Waals surface area contributed by atoms with Crippen molar-refractivity contribution in [2.24, 2.45) is 7.05 Å². The van der Waals surface area contributed by atoms with E-state index in [1.807, 2.05) is 0 Å². The Morgan fingerprint density at radius 1 is 1.09 bits per heavy atom. The minimum atomic E-state index is -4.72. The molecule has 0 aliphatic rings. The van der Waals surface area contributed by atoms with E-state index in [0.29, 0.717) is 17.7 Å². The molecule has 0 amide bonds. The molecule has 0 atom stereocenters. The van der Waals surface area contributed by atoms with Gasteiger partial charge in [-0.3, -0.25) is 9.59 Å². The van der Waals surface area contributed by atoms with Gasteiger partial charge in [-0.1, -0.05) is 36.4 Å². The Balaban J connectivity index is 2.01. The standard InChI is InChI=1S/C23H21F3N2O5S/c1-14-20(22(28(2)27-14)33-12-19(29)15-7-5-4-6-8-15)21(30)18-10-9-17(23(24,25)26)11-16(18)13-34(3,31)32/h4-11H,12-13H2,1-3H3. The van der Waals surface area contributed by atoms with Crippen molar-refractivity contribution in [2.75, 3.05) is 12.9 Å². The van der Waals surface area contributed by atoms with Gasteiger partial charge in [0.05, 0.1) is 17.0 Å². The third kappa shape index (κ3) is 5.71. The zero-order chi connectivity index (χ0) is 25.3. The van der Waals surface area contributed by atoms with Crippen molar-refractivity contribution < 1.29 is 35.9 Å². The number of benzene rings is 2. The van der Waals surface area contributed by atoms with Gasteiger partial charge >= 0.3 is 6.18 Å². The fraction of sp³-hybridized carbons (Fsp3) is 0.261. The summed E-state index contributed by atoms with van der Waals surface area (Å²) in [6.45, 7) is 1.09. The van der Waals surface area contributed by atoms with E-state index in [0.717, 1.165) is 12.3 Å². The number of ether oxygens (including phenoxy) is 1. The number of hydrogen-bond donors (Lipinski definition) is 0. The predicted octanol–water partition coefficient (Wildman–Crippen LogP) is 3.78. The zero-order valence-corrected chi connectivity index (χ0v) is 19.3. The van der Waals surface area contributed by atoms with Crippen molar-refractivity contribution in [1.82, 2.24) is 9.78 Å². The number of alkyl halides is 3. The molecule has 0 fully saturated rings. The zero-order valence-electron chi connectivity index (χ0n) is 18.5. The van der Waals surface area contributed by atoms with E-state index < -0.39 is 39.7 Å². The summed E-state index contributed by atoms with van der Waals surface area (Å²) in [5.41, 5.74) is -1.06. The maximum Gasteiger partial charge on any atom is 0.416 e. The topological polar surface area (TPSA) is 95.3 Å². The van der Waals surface area contributed by atoms with E-state index in [1.54, 1.807) is 30.3 Å². The Bertz CT molecular complexity index is 1350. The molecule has 0 aliphatic heterocycles. The number of aromatic nitrogens is 2. The molecule has 3 aromatic rings. The molecular weight excluding hydrogens is 473 g/mol. The predicted molar refractivity (Wildman–Crippen MR) is 118 cm³/mol. The quantitative estimate of drug-likeness (QED) is 0.443. The van der Waals surface area contributed by atoms with Crippen LogP contribution in [0.5, 0.6) is 5.88 Å². The molecule has 0 radical (unpaired) electrons. The van der Waals surface area contributed by atoms with Gasteiger partial charge in [0.1, 0.15) is 5.56 Å². The minimum absolute atomic E-state index is 0.0583. The molecule has 180 valence electrons. The van der Waals surface area contributed by atoms with Crippen LogP contribution in [0.4, 0.5) is 13.2 Å². The lowest BCUT2D eigenvalue weighted by Gasteiger charge is -2.14. The van der Waals surface area contributed by atoms with Gasteiger partial charge in [0.25, 0.3) is 0 Å². The Morgan fingerprint density at radius 3 is 2.32 bits per heavy atom. The second kappa shape index (κ2) is 9.41. The van der Waals surface area contributed by atoms with E-state index in [4.69, 9.17) is 4.74 Å². The molecule has 1 aromatic heterocycles. The van der Waals surface area contributed by atoms with Crippen molar-refractivity contribution in [1.29, 1.82) is 0 Å². The molecular formula is C23H21F3N2O5S. The highest BCUT2D eigenvalue weighted by atomic mass is 32.2. The highest BCUT2D eigenvalue weighted by molar-refractivity contribution is 7.89. The number of carbonyl (C=O) groups is 2. The first-order valence-electron chi connectivity index (χ1n) is 9.95. The summed E-state index contributed by atoms with van der Waals surface area (Å²) >= 11 is 0. The van der Waals surface area contributed by atoms with Crippen LogP contribution in [0.2, 0.25) is 0 Å². The van der Waals surface area contributed by atoms with Gasteiger partial charge in [0, 0.05) is 24.4 Å². The lowest BCUT2D eigenvalue weighted by molar-refractivity contribution is -0.137. The molecule has 0 spiro atoms. The average Bonchev–Trinajstić information content (AvgIpc) is 3.03. The van der Waals surface area contributed by atoms with Crippen LogP contribution in [0.3, 0.4) is 0 Å². The lowest BCUT2D eigenvalue weighted by Crippen LogP contribution is -2.16. The van der Waals surface area contributed by atoms with Crippen LogP contribution >= 0.6 is 0 Å². The van der Waals surface area contributed by atoms with Crippen LogP contribution < -0.4 is 4.74 Å². The number of nitrogens with zero attached hydrogens (tertiary/aromatic N) is 2. The number of carbonyl (C=O) groups excluding carboxylic acids is 2. The molecule has 3 rings (SSSR count). The summed E-state index contributed by atoms with van der Waals surface area (Å²) in [6.07, 6.45) is -3.86. The second-order valence-corrected chi connectivity index (χ2v) is 9.88. The van der Waals surface area contributed by atoms with Crippen LogP contribution in [0, 0.1) is 6.92 Å². The highest BCUT2D eigenvalue weighted by Gasteiger charge is 2.33. The van der Waals surface area contributed by atoms with Crippen LogP contribution in [0.15, 0.2) is 48.5 Å². The average molecular weight is 494 g/mol. The third-order valence-electron chi connectivity index (χ3n) is 4.93.